The van der Waals surface area contributed by atoms with Crippen LogP contribution < -0.4 is 10.1 Å². The van der Waals surface area contributed by atoms with Crippen LogP contribution in [0.25, 0.3) is 0 Å². The van der Waals surface area contributed by atoms with Gasteiger partial charge in [-0.05, 0) is 37.0 Å². The second-order valence-electron chi connectivity index (χ2n) is 7.47. The molecule has 1 saturated carbocycles. The number of amides is 2. The number of rotatable bonds is 6. The number of nitrogens with one attached hydrogen (secondary N) is 1. The number of carbonyl (C=O) groups is 2. The number of carbonyl (C=O) groups excluding carboxylic acids is 2. The maximum Gasteiger partial charge on any atom is 0.263 e. The van der Waals surface area contributed by atoms with E-state index in [1.165, 1.54) is 24.2 Å². The van der Waals surface area contributed by atoms with Crippen molar-refractivity contribution in [2.45, 2.75) is 50.6 Å². The monoisotopic (exact) mass is 399 g/mol. The molecular weight excluding hydrogens is 374 g/mol. The first kappa shape index (κ1) is 18.9. The lowest BCUT2D eigenvalue weighted by molar-refractivity contribution is -0.129. The number of hydrogen-bond donors (Lipinski definition) is 1. The summed E-state index contributed by atoms with van der Waals surface area (Å²) in [6.07, 6.45) is 5.23. The molecule has 0 radical (unpaired) electrons. The summed E-state index contributed by atoms with van der Waals surface area (Å²) in [5.41, 5.74) is 3.71. The van der Waals surface area contributed by atoms with Crippen LogP contribution in [0.5, 0.6) is 5.75 Å². The third kappa shape index (κ3) is 3.90. The predicted molar refractivity (Wildman–Crippen MR) is 108 cm³/mol. The molecule has 1 N–H and O–H groups in total. The molecule has 1 aliphatic heterocycles. The Balaban J connectivity index is 1.37. The molecule has 0 bridgehead atoms. The summed E-state index contributed by atoms with van der Waals surface area (Å²) >= 11 is 1.38. The molecule has 1 atom stereocenters. The Morgan fingerprint density at radius 1 is 1.25 bits per heavy atom. The van der Waals surface area contributed by atoms with Crippen LogP contribution in [-0.4, -0.2) is 41.4 Å². The molecule has 1 saturated heterocycles. The van der Waals surface area contributed by atoms with E-state index < -0.39 is 6.04 Å². The predicted octanol–water partition coefficient (Wildman–Crippen LogP) is 3.34. The molecule has 2 amide bonds. The number of aromatic nitrogens is 1. The molecule has 2 aliphatic rings. The summed E-state index contributed by atoms with van der Waals surface area (Å²) in [4.78, 5) is 32.5. The molecule has 7 heteroatoms. The van der Waals surface area contributed by atoms with Gasteiger partial charge in [-0.3, -0.25) is 9.59 Å². The van der Waals surface area contributed by atoms with Gasteiger partial charge in [0.1, 0.15) is 16.7 Å². The molecule has 2 heterocycles. The van der Waals surface area contributed by atoms with Gasteiger partial charge in [0.05, 0.1) is 18.3 Å². The van der Waals surface area contributed by atoms with Gasteiger partial charge >= 0.3 is 0 Å². The fourth-order valence-corrected chi connectivity index (χ4v) is 4.90. The summed E-state index contributed by atoms with van der Waals surface area (Å²) < 4.78 is 5.17. The van der Waals surface area contributed by atoms with Crippen LogP contribution in [0.3, 0.4) is 0 Å². The summed E-state index contributed by atoms with van der Waals surface area (Å²) in [7, 11) is 1.63. The molecule has 1 unspecified atom stereocenters. The van der Waals surface area contributed by atoms with E-state index in [1.807, 2.05) is 24.3 Å². The SMILES string of the molecule is COc1ccc(CN2CCC(NC(=O)c3scnc3C3CCCC3)C2=O)cc1. The highest BCUT2D eigenvalue weighted by Gasteiger charge is 2.34. The fourth-order valence-electron chi connectivity index (χ4n) is 4.12. The summed E-state index contributed by atoms with van der Waals surface area (Å²) in [5, 5.41) is 2.95. The van der Waals surface area contributed by atoms with E-state index in [2.05, 4.69) is 10.3 Å². The Morgan fingerprint density at radius 2 is 2.00 bits per heavy atom. The van der Waals surface area contributed by atoms with Crippen molar-refractivity contribution < 1.29 is 14.3 Å². The summed E-state index contributed by atoms with van der Waals surface area (Å²) in [6.45, 7) is 1.19. The topological polar surface area (TPSA) is 71.5 Å². The minimum Gasteiger partial charge on any atom is -0.497 e. The van der Waals surface area contributed by atoms with Crippen LogP contribution in [0.1, 0.15) is 59.0 Å². The lowest BCUT2D eigenvalue weighted by Gasteiger charge is -2.17. The lowest BCUT2D eigenvalue weighted by Crippen LogP contribution is -2.41. The normalized spacial score (nSPS) is 20.0. The lowest BCUT2D eigenvalue weighted by atomic mass is 10.0. The van der Waals surface area contributed by atoms with Crippen molar-refractivity contribution in [1.82, 2.24) is 15.2 Å². The average Bonchev–Trinajstić information content (AvgIpc) is 3.46. The summed E-state index contributed by atoms with van der Waals surface area (Å²) in [5.74, 6) is 1.01. The second kappa shape index (κ2) is 8.31. The Morgan fingerprint density at radius 3 is 2.71 bits per heavy atom. The van der Waals surface area contributed by atoms with Gasteiger partial charge in [0.2, 0.25) is 5.91 Å². The number of likely N-dealkylation sites (tertiary alicyclic amines) is 1. The standard InChI is InChI=1S/C21H25N3O3S/c1-27-16-8-6-14(7-9-16)12-24-11-10-17(21(24)26)23-20(25)19-18(22-13-28-19)15-4-2-3-5-15/h6-9,13,15,17H,2-5,10-12H2,1H3,(H,23,25). The molecule has 148 valence electrons. The average molecular weight is 400 g/mol. The van der Waals surface area contributed by atoms with E-state index >= 15 is 0 Å². The minimum atomic E-state index is -0.454. The Kier molecular flexibility index (Phi) is 5.62. The number of hydrogen-bond acceptors (Lipinski definition) is 5. The van der Waals surface area contributed by atoms with Gasteiger partial charge in [-0.15, -0.1) is 11.3 Å². The first-order chi connectivity index (χ1) is 13.7. The van der Waals surface area contributed by atoms with Gasteiger partial charge in [-0.2, -0.15) is 0 Å². The van der Waals surface area contributed by atoms with Crippen molar-refractivity contribution in [3.63, 3.8) is 0 Å². The number of benzene rings is 1. The Bertz CT molecular complexity index is 843. The highest BCUT2D eigenvalue weighted by molar-refractivity contribution is 7.11. The highest BCUT2D eigenvalue weighted by atomic mass is 32.1. The Labute approximate surface area is 168 Å². The second-order valence-corrected chi connectivity index (χ2v) is 8.33. The van der Waals surface area contributed by atoms with Gasteiger partial charge in [-0.1, -0.05) is 25.0 Å². The first-order valence-corrected chi connectivity index (χ1v) is 10.7. The van der Waals surface area contributed by atoms with E-state index in [1.54, 1.807) is 17.5 Å². The maximum absolute atomic E-state index is 12.8. The van der Waals surface area contributed by atoms with Crippen molar-refractivity contribution in [1.29, 1.82) is 0 Å². The van der Waals surface area contributed by atoms with Crippen molar-refractivity contribution in [3.05, 3.63) is 45.9 Å². The smallest absolute Gasteiger partial charge is 0.263 e. The minimum absolute atomic E-state index is 0.0175. The van der Waals surface area contributed by atoms with Crippen LogP contribution in [0.15, 0.2) is 29.8 Å². The quantitative estimate of drug-likeness (QED) is 0.809. The highest BCUT2D eigenvalue weighted by Crippen LogP contribution is 2.36. The molecule has 2 fully saturated rings. The van der Waals surface area contributed by atoms with E-state index in [-0.39, 0.29) is 11.8 Å². The van der Waals surface area contributed by atoms with Crippen molar-refractivity contribution >= 4 is 23.2 Å². The number of thiazole rings is 1. The molecule has 6 nitrogen and oxygen atoms in total. The molecule has 2 aromatic rings. The van der Waals surface area contributed by atoms with E-state index in [9.17, 15) is 9.59 Å². The number of nitrogens with zero attached hydrogens (tertiary/aromatic N) is 2. The van der Waals surface area contributed by atoms with Gasteiger partial charge in [0.15, 0.2) is 0 Å². The third-order valence-corrected chi connectivity index (χ3v) is 6.52. The zero-order valence-corrected chi connectivity index (χ0v) is 16.8. The van der Waals surface area contributed by atoms with Gasteiger partial charge in [0, 0.05) is 19.0 Å². The molecule has 1 aliphatic carbocycles. The van der Waals surface area contributed by atoms with Crippen molar-refractivity contribution in [3.8, 4) is 5.75 Å². The molecule has 1 aromatic carbocycles. The van der Waals surface area contributed by atoms with Gasteiger partial charge in [0.25, 0.3) is 5.91 Å². The van der Waals surface area contributed by atoms with Crippen molar-refractivity contribution in [2.75, 3.05) is 13.7 Å². The fraction of sp³-hybridized carbons (Fsp3) is 0.476. The van der Waals surface area contributed by atoms with Crippen LogP contribution in [0.4, 0.5) is 0 Å². The maximum atomic E-state index is 12.8. The largest absolute Gasteiger partial charge is 0.497 e. The molecule has 28 heavy (non-hydrogen) atoms. The van der Waals surface area contributed by atoms with E-state index in [4.69, 9.17) is 4.74 Å². The van der Waals surface area contributed by atoms with Gasteiger partial charge in [-0.25, -0.2) is 4.98 Å². The van der Waals surface area contributed by atoms with E-state index in [0.29, 0.717) is 30.3 Å². The Hall–Kier alpha value is -2.41. The van der Waals surface area contributed by atoms with Crippen LogP contribution in [-0.2, 0) is 11.3 Å². The van der Waals surface area contributed by atoms with E-state index in [0.717, 1.165) is 29.8 Å². The number of methoxy groups -OCH3 is 1. The molecule has 1 aromatic heterocycles. The van der Waals surface area contributed by atoms with Gasteiger partial charge < -0.3 is 15.0 Å². The van der Waals surface area contributed by atoms with Crippen molar-refractivity contribution in [2.24, 2.45) is 0 Å². The van der Waals surface area contributed by atoms with Crippen LogP contribution in [0, 0.1) is 0 Å². The first-order valence-electron chi connectivity index (χ1n) is 9.81. The van der Waals surface area contributed by atoms with Crippen LogP contribution >= 0.6 is 11.3 Å². The zero-order chi connectivity index (χ0) is 19.5. The number of ether oxygens (including phenoxy) is 1. The molecule has 4 rings (SSSR count). The molecule has 0 spiro atoms. The zero-order valence-electron chi connectivity index (χ0n) is 16.0. The molecular formula is C21H25N3O3S. The van der Waals surface area contributed by atoms with Crippen LogP contribution in [0.2, 0.25) is 0 Å². The third-order valence-electron chi connectivity index (χ3n) is 5.68. The summed E-state index contributed by atoms with van der Waals surface area (Å²) in [6, 6.07) is 7.25.